The minimum atomic E-state index is 0.0768. The summed E-state index contributed by atoms with van der Waals surface area (Å²) in [5.41, 5.74) is 2.28. The largest absolute Gasteiger partial charge is 0.376 e. The molecule has 1 saturated heterocycles. The lowest BCUT2D eigenvalue weighted by Gasteiger charge is -2.23. The summed E-state index contributed by atoms with van der Waals surface area (Å²) in [4.78, 5) is 14.2. The fourth-order valence-electron chi connectivity index (χ4n) is 2.55. The first-order valence-electron chi connectivity index (χ1n) is 7.84. The van der Waals surface area contributed by atoms with Crippen molar-refractivity contribution in [1.82, 2.24) is 4.90 Å². The van der Waals surface area contributed by atoms with Gasteiger partial charge < -0.3 is 9.64 Å². The highest BCUT2D eigenvalue weighted by atomic mass is 16.5. The third kappa shape index (κ3) is 5.01. The number of benzene rings is 1. The minimum Gasteiger partial charge on any atom is -0.376 e. The smallest absolute Gasteiger partial charge is 0.246 e. The van der Waals surface area contributed by atoms with Crippen LogP contribution in [0, 0.1) is 6.92 Å². The monoisotopic (exact) mass is 287 g/mol. The molecule has 1 amide bonds. The molecule has 0 aromatic heterocycles. The normalized spacial score (nSPS) is 18.3. The Balaban J connectivity index is 1.95. The molecule has 1 aliphatic rings. The molecule has 0 bridgehead atoms. The number of hydrogen-bond donors (Lipinski definition) is 0. The predicted octanol–water partition coefficient (Wildman–Crippen LogP) is 3.43. The zero-order chi connectivity index (χ0) is 15.1. The Hall–Kier alpha value is -1.61. The van der Waals surface area contributed by atoms with Gasteiger partial charge in [0.15, 0.2) is 0 Å². The zero-order valence-corrected chi connectivity index (χ0v) is 13.0. The van der Waals surface area contributed by atoms with E-state index in [-0.39, 0.29) is 12.0 Å². The molecule has 1 aromatic rings. The Morgan fingerprint density at radius 2 is 2.14 bits per heavy atom. The Labute approximate surface area is 127 Å². The van der Waals surface area contributed by atoms with Crippen molar-refractivity contribution in [2.75, 3.05) is 19.7 Å². The average Bonchev–Trinajstić information content (AvgIpc) is 2.99. The van der Waals surface area contributed by atoms with Gasteiger partial charge in [0.1, 0.15) is 0 Å². The molecule has 3 nitrogen and oxygen atoms in total. The highest BCUT2D eigenvalue weighted by Crippen LogP contribution is 2.14. The van der Waals surface area contributed by atoms with Crippen LogP contribution < -0.4 is 0 Å². The summed E-state index contributed by atoms with van der Waals surface area (Å²) in [6, 6.07) is 8.17. The van der Waals surface area contributed by atoms with E-state index in [0.717, 1.165) is 38.0 Å². The maximum absolute atomic E-state index is 12.3. The molecule has 1 heterocycles. The van der Waals surface area contributed by atoms with Gasteiger partial charge in [-0.1, -0.05) is 36.8 Å². The summed E-state index contributed by atoms with van der Waals surface area (Å²) in [6.45, 7) is 6.49. The van der Waals surface area contributed by atoms with E-state index in [1.165, 1.54) is 5.56 Å². The third-order valence-electron chi connectivity index (χ3n) is 3.75. The molecule has 0 spiro atoms. The van der Waals surface area contributed by atoms with Gasteiger partial charge in [0.2, 0.25) is 5.91 Å². The number of rotatable bonds is 6. The maximum atomic E-state index is 12.3. The van der Waals surface area contributed by atoms with E-state index < -0.39 is 0 Å². The van der Waals surface area contributed by atoms with E-state index in [2.05, 4.69) is 26.0 Å². The van der Waals surface area contributed by atoms with Crippen molar-refractivity contribution in [3.05, 3.63) is 41.5 Å². The summed E-state index contributed by atoms with van der Waals surface area (Å²) in [5.74, 6) is 0.0768. The standard InChI is InChI=1S/C18H25NO2/c1-3-12-19(14-17-5-4-13-21-17)18(20)11-10-16-8-6-15(2)7-9-16/h6-11,17H,3-5,12-14H2,1-2H3/b11-10+. The maximum Gasteiger partial charge on any atom is 0.246 e. The van der Waals surface area contributed by atoms with Crippen LogP contribution in [0.15, 0.2) is 30.3 Å². The van der Waals surface area contributed by atoms with Crippen LogP contribution >= 0.6 is 0 Å². The fourth-order valence-corrected chi connectivity index (χ4v) is 2.55. The van der Waals surface area contributed by atoms with Gasteiger partial charge in [0.05, 0.1) is 6.10 Å². The van der Waals surface area contributed by atoms with Crippen LogP contribution in [-0.4, -0.2) is 36.6 Å². The summed E-state index contributed by atoms with van der Waals surface area (Å²) in [7, 11) is 0. The molecule has 1 aromatic carbocycles. The topological polar surface area (TPSA) is 29.5 Å². The van der Waals surface area contributed by atoms with Crippen molar-refractivity contribution in [2.24, 2.45) is 0 Å². The number of aryl methyl sites for hydroxylation is 1. The second kappa shape index (κ2) is 7.99. The fraction of sp³-hybridized carbons (Fsp3) is 0.500. The molecule has 1 atom stereocenters. The molecule has 0 aliphatic carbocycles. The van der Waals surface area contributed by atoms with Crippen molar-refractivity contribution in [1.29, 1.82) is 0 Å². The molecule has 2 rings (SSSR count). The van der Waals surface area contributed by atoms with E-state index in [4.69, 9.17) is 4.74 Å². The van der Waals surface area contributed by atoms with Crippen molar-refractivity contribution in [3.8, 4) is 0 Å². The van der Waals surface area contributed by atoms with Gasteiger partial charge in [-0.05, 0) is 37.8 Å². The van der Waals surface area contributed by atoms with E-state index in [0.29, 0.717) is 6.54 Å². The first-order chi connectivity index (χ1) is 10.2. The Kier molecular flexibility index (Phi) is 6.00. The van der Waals surface area contributed by atoms with Gasteiger partial charge in [0, 0.05) is 25.8 Å². The Bertz CT molecular complexity index is 472. The first kappa shape index (κ1) is 15.8. The molecule has 3 heteroatoms. The predicted molar refractivity (Wildman–Crippen MR) is 86.1 cm³/mol. The van der Waals surface area contributed by atoms with Crippen LogP contribution in [-0.2, 0) is 9.53 Å². The number of amides is 1. The van der Waals surface area contributed by atoms with Crippen molar-refractivity contribution >= 4 is 12.0 Å². The van der Waals surface area contributed by atoms with E-state index >= 15 is 0 Å². The van der Waals surface area contributed by atoms with Crippen molar-refractivity contribution in [3.63, 3.8) is 0 Å². The van der Waals surface area contributed by atoms with E-state index in [1.807, 2.05) is 23.1 Å². The van der Waals surface area contributed by atoms with Gasteiger partial charge >= 0.3 is 0 Å². The molecule has 1 fully saturated rings. The lowest BCUT2D eigenvalue weighted by Crippen LogP contribution is -2.36. The molecule has 1 aliphatic heterocycles. The SMILES string of the molecule is CCCN(CC1CCCO1)C(=O)/C=C/c1ccc(C)cc1. The molecule has 0 radical (unpaired) electrons. The van der Waals surface area contributed by atoms with Crippen LogP contribution in [0.1, 0.15) is 37.3 Å². The number of carbonyl (C=O) groups excluding carboxylic acids is 1. The molecule has 0 saturated carbocycles. The molecule has 114 valence electrons. The molecular formula is C18H25NO2. The number of ether oxygens (including phenoxy) is 1. The van der Waals surface area contributed by atoms with Gasteiger partial charge in [-0.25, -0.2) is 0 Å². The number of nitrogens with zero attached hydrogens (tertiary/aromatic N) is 1. The minimum absolute atomic E-state index is 0.0768. The third-order valence-corrected chi connectivity index (χ3v) is 3.75. The summed E-state index contributed by atoms with van der Waals surface area (Å²) in [6.07, 6.45) is 6.92. The van der Waals surface area contributed by atoms with Gasteiger partial charge in [-0.3, -0.25) is 4.79 Å². The van der Waals surface area contributed by atoms with Crippen LogP contribution in [0.2, 0.25) is 0 Å². The Morgan fingerprint density at radius 3 is 2.76 bits per heavy atom. The first-order valence-corrected chi connectivity index (χ1v) is 7.84. The van der Waals surface area contributed by atoms with Crippen LogP contribution in [0.3, 0.4) is 0 Å². The van der Waals surface area contributed by atoms with Gasteiger partial charge in [-0.2, -0.15) is 0 Å². The Morgan fingerprint density at radius 1 is 1.38 bits per heavy atom. The highest BCUT2D eigenvalue weighted by Gasteiger charge is 2.20. The van der Waals surface area contributed by atoms with Crippen LogP contribution in [0.25, 0.3) is 6.08 Å². The molecule has 0 N–H and O–H groups in total. The molecule has 1 unspecified atom stereocenters. The number of hydrogen-bond acceptors (Lipinski definition) is 2. The quantitative estimate of drug-likeness (QED) is 0.750. The van der Waals surface area contributed by atoms with E-state index in [9.17, 15) is 4.79 Å². The van der Waals surface area contributed by atoms with E-state index in [1.54, 1.807) is 6.08 Å². The van der Waals surface area contributed by atoms with Gasteiger partial charge in [0.25, 0.3) is 0 Å². The summed E-state index contributed by atoms with van der Waals surface area (Å²) in [5, 5.41) is 0. The average molecular weight is 287 g/mol. The lowest BCUT2D eigenvalue weighted by molar-refractivity contribution is -0.127. The summed E-state index contributed by atoms with van der Waals surface area (Å²) >= 11 is 0. The van der Waals surface area contributed by atoms with Gasteiger partial charge in [-0.15, -0.1) is 0 Å². The summed E-state index contributed by atoms with van der Waals surface area (Å²) < 4.78 is 5.64. The molecule has 21 heavy (non-hydrogen) atoms. The van der Waals surface area contributed by atoms with Crippen molar-refractivity contribution in [2.45, 2.75) is 39.2 Å². The lowest BCUT2D eigenvalue weighted by atomic mass is 10.1. The van der Waals surface area contributed by atoms with Crippen molar-refractivity contribution < 1.29 is 9.53 Å². The van der Waals surface area contributed by atoms with Crippen LogP contribution in [0.5, 0.6) is 0 Å². The second-order valence-electron chi connectivity index (χ2n) is 5.66. The number of carbonyl (C=O) groups is 1. The van der Waals surface area contributed by atoms with Crippen LogP contribution in [0.4, 0.5) is 0 Å². The highest BCUT2D eigenvalue weighted by molar-refractivity contribution is 5.91. The molecular weight excluding hydrogens is 262 g/mol. The zero-order valence-electron chi connectivity index (χ0n) is 13.0. The second-order valence-corrected chi connectivity index (χ2v) is 5.66.